The first-order valence-electron chi connectivity index (χ1n) is 12.9. The van der Waals surface area contributed by atoms with E-state index in [1.807, 2.05) is 24.3 Å². The Morgan fingerprint density at radius 2 is 1.71 bits per heavy atom. The van der Waals surface area contributed by atoms with E-state index in [2.05, 4.69) is 41.0 Å². The van der Waals surface area contributed by atoms with E-state index in [0.717, 1.165) is 44.0 Å². The fourth-order valence-corrected chi connectivity index (χ4v) is 4.58. The van der Waals surface area contributed by atoms with Gasteiger partial charge in [0.05, 0.1) is 17.8 Å². The van der Waals surface area contributed by atoms with Gasteiger partial charge in [0.2, 0.25) is 11.8 Å². The largest absolute Gasteiger partial charge is 0.438 e. The molecule has 1 N–H and O–H groups in total. The zero-order chi connectivity index (χ0) is 26.8. The van der Waals surface area contributed by atoms with Gasteiger partial charge < -0.3 is 24.8 Å². The van der Waals surface area contributed by atoms with Crippen molar-refractivity contribution in [2.75, 3.05) is 50.0 Å². The van der Waals surface area contributed by atoms with Crippen molar-refractivity contribution in [3.05, 3.63) is 70.9 Å². The molecule has 5 rings (SSSR count). The van der Waals surface area contributed by atoms with Crippen LogP contribution in [0.1, 0.15) is 36.6 Å². The van der Waals surface area contributed by atoms with Gasteiger partial charge in [0.15, 0.2) is 11.6 Å². The highest BCUT2D eigenvalue weighted by Crippen LogP contribution is 2.32. The molecule has 0 aliphatic carbocycles. The summed E-state index contributed by atoms with van der Waals surface area (Å²) in [4.78, 5) is 28.6. The summed E-state index contributed by atoms with van der Waals surface area (Å²) in [7, 11) is 2.07. The highest BCUT2D eigenvalue weighted by atomic mass is 19.2. The predicted octanol–water partition coefficient (Wildman–Crippen LogP) is 5.01. The van der Waals surface area contributed by atoms with Crippen LogP contribution in [0.15, 0.2) is 42.5 Å². The monoisotopic (exact) mass is 522 g/mol. The second kappa shape index (κ2) is 10.9. The van der Waals surface area contributed by atoms with Crippen molar-refractivity contribution in [3.63, 3.8) is 0 Å². The Bertz CT molecular complexity index is 1310. The second-order valence-corrected chi connectivity index (χ2v) is 10.1. The second-order valence-electron chi connectivity index (χ2n) is 10.1. The normalized spacial score (nSPS) is 15.9. The minimum atomic E-state index is -1.01. The number of carbonyl (C=O) groups excluding carboxylic acids is 1. The Balaban J connectivity index is 1.40. The Hall–Kier alpha value is -3.79. The van der Waals surface area contributed by atoms with Gasteiger partial charge in [-0.1, -0.05) is 26.0 Å². The molecule has 2 aromatic carbocycles. The Morgan fingerprint density at radius 3 is 2.39 bits per heavy atom. The molecule has 0 saturated carbocycles. The Kier molecular flexibility index (Phi) is 7.42. The number of anilines is 2. The van der Waals surface area contributed by atoms with Crippen molar-refractivity contribution in [1.29, 1.82) is 0 Å². The number of nitrogens with one attached hydrogen (secondary N) is 1. The van der Waals surface area contributed by atoms with Crippen molar-refractivity contribution in [2.45, 2.75) is 32.7 Å². The molecule has 0 spiro atoms. The van der Waals surface area contributed by atoms with Gasteiger partial charge in [-0.05, 0) is 42.8 Å². The van der Waals surface area contributed by atoms with Crippen LogP contribution in [0, 0.1) is 11.6 Å². The highest BCUT2D eigenvalue weighted by molar-refractivity contribution is 5.89. The molecule has 0 atom stereocenters. The summed E-state index contributed by atoms with van der Waals surface area (Å²) in [6, 6.07) is 10.9. The highest BCUT2D eigenvalue weighted by Gasteiger charge is 2.29. The zero-order valence-electron chi connectivity index (χ0n) is 21.9. The summed E-state index contributed by atoms with van der Waals surface area (Å²) in [6.45, 7) is 8.25. The van der Waals surface area contributed by atoms with E-state index in [0.29, 0.717) is 36.1 Å². The summed E-state index contributed by atoms with van der Waals surface area (Å²) in [5, 5.41) is 2.96. The molecule has 1 fully saturated rings. The SMILES string of the molecule is CC(C)c1ccc(NC(=O)N2CCc3nc(N4CCN(C)CC4)nc(Oc4ccc(F)c(F)c4)c3C2)cc1. The molecule has 200 valence electrons. The lowest BCUT2D eigenvalue weighted by Gasteiger charge is -2.34. The standard InChI is InChI=1S/C28H32F2N6O2/c1-18(2)19-4-6-20(7-5-19)31-28(37)36-11-10-25-22(17-36)26(38-21-8-9-23(29)24(30)16-21)33-27(32-25)35-14-12-34(3)13-15-35/h4-9,16,18H,10-15,17H2,1-3H3,(H,31,37). The number of likely N-dealkylation sites (N-methyl/N-ethyl adjacent to an activating group) is 1. The summed E-state index contributed by atoms with van der Waals surface area (Å²) in [5.41, 5.74) is 3.35. The molecule has 0 bridgehead atoms. The molecule has 3 aromatic rings. The number of halogens is 2. The molecular weight excluding hydrogens is 490 g/mol. The van der Waals surface area contributed by atoms with E-state index in [9.17, 15) is 13.6 Å². The van der Waals surface area contributed by atoms with Crippen LogP contribution < -0.4 is 15.0 Å². The van der Waals surface area contributed by atoms with Crippen LogP contribution in [0.5, 0.6) is 11.6 Å². The van der Waals surface area contributed by atoms with Gasteiger partial charge in [-0.2, -0.15) is 4.98 Å². The van der Waals surface area contributed by atoms with E-state index in [1.165, 1.54) is 11.6 Å². The Labute approximate surface area is 221 Å². The summed E-state index contributed by atoms with van der Waals surface area (Å²) >= 11 is 0. The molecule has 0 radical (unpaired) electrons. The fraction of sp³-hybridized carbons (Fsp3) is 0.393. The average Bonchev–Trinajstić information content (AvgIpc) is 2.91. The van der Waals surface area contributed by atoms with Crippen LogP contribution in [0.25, 0.3) is 0 Å². The van der Waals surface area contributed by atoms with Crippen molar-refractivity contribution >= 4 is 17.7 Å². The number of nitrogens with zero attached hydrogens (tertiary/aromatic N) is 5. The van der Waals surface area contributed by atoms with E-state index >= 15 is 0 Å². The maximum Gasteiger partial charge on any atom is 0.322 e. The number of urea groups is 1. The smallest absolute Gasteiger partial charge is 0.322 e. The van der Waals surface area contributed by atoms with E-state index < -0.39 is 11.6 Å². The number of amides is 2. The third kappa shape index (κ3) is 5.70. The predicted molar refractivity (Wildman–Crippen MR) is 142 cm³/mol. The first-order valence-corrected chi connectivity index (χ1v) is 12.9. The average molecular weight is 523 g/mol. The van der Waals surface area contributed by atoms with Gasteiger partial charge in [0.25, 0.3) is 0 Å². The Morgan fingerprint density at radius 1 is 0.974 bits per heavy atom. The third-order valence-corrected chi connectivity index (χ3v) is 7.02. The quantitative estimate of drug-likeness (QED) is 0.508. The molecule has 2 aliphatic rings. The lowest BCUT2D eigenvalue weighted by atomic mass is 10.0. The molecule has 0 unspecified atom stereocenters. The minimum absolute atomic E-state index is 0.126. The molecule has 2 amide bonds. The third-order valence-electron chi connectivity index (χ3n) is 7.02. The van der Waals surface area contributed by atoms with Gasteiger partial charge in [-0.15, -0.1) is 0 Å². The molecule has 8 nitrogen and oxygen atoms in total. The molecule has 1 aromatic heterocycles. The molecule has 3 heterocycles. The van der Waals surface area contributed by atoms with Crippen molar-refractivity contribution in [3.8, 4) is 11.6 Å². The summed E-state index contributed by atoms with van der Waals surface area (Å²) in [6.07, 6.45) is 0.520. The maximum atomic E-state index is 13.9. The van der Waals surface area contributed by atoms with Gasteiger partial charge >= 0.3 is 6.03 Å². The molecule has 2 aliphatic heterocycles. The van der Waals surface area contributed by atoms with Gasteiger partial charge in [-0.25, -0.2) is 18.6 Å². The van der Waals surface area contributed by atoms with E-state index in [4.69, 9.17) is 9.72 Å². The van der Waals surface area contributed by atoms with Crippen LogP contribution in [-0.4, -0.2) is 65.6 Å². The number of piperazine rings is 1. The van der Waals surface area contributed by atoms with Crippen LogP contribution >= 0.6 is 0 Å². The lowest BCUT2D eigenvalue weighted by molar-refractivity contribution is 0.205. The number of benzene rings is 2. The van der Waals surface area contributed by atoms with Gasteiger partial charge in [0.1, 0.15) is 5.75 Å². The van der Waals surface area contributed by atoms with Crippen molar-refractivity contribution in [1.82, 2.24) is 19.8 Å². The maximum absolute atomic E-state index is 13.9. The fourth-order valence-electron chi connectivity index (χ4n) is 4.58. The molecule has 1 saturated heterocycles. The van der Waals surface area contributed by atoms with Crippen LogP contribution in [0.4, 0.5) is 25.2 Å². The molecule has 10 heteroatoms. The van der Waals surface area contributed by atoms with Crippen molar-refractivity contribution in [2.24, 2.45) is 0 Å². The summed E-state index contributed by atoms with van der Waals surface area (Å²) < 4.78 is 33.4. The number of ether oxygens (including phenoxy) is 1. The topological polar surface area (TPSA) is 73.8 Å². The van der Waals surface area contributed by atoms with Crippen LogP contribution in [0.2, 0.25) is 0 Å². The van der Waals surface area contributed by atoms with Crippen LogP contribution in [0.3, 0.4) is 0 Å². The lowest BCUT2D eigenvalue weighted by Crippen LogP contribution is -2.45. The number of hydrogen-bond donors (Lipinski definition) is 1. The number of aromatic nitrogens is 2. The summed E-state index contributed by atoms with van der Waals surface area (Å²) in [5.74, 6) is -0.645. The van der Waals surface area contributed by atoms with E-state index in [1.54, 1.807) is 4.90 Å². The first-order chi connectivity index (χ1) is 18.3. The van der Waals surface area contributed by atoms with Crippen LogP contribution in [-0.2, 0) is 13.0 Å². The zero-order valence-corrected chi connectivity index (χ0v) is 21.9. The number of hydrogen-bond acceptors (Lipinski definition) is 6. The molecular formula is C28H32F2N6O2. The first kappa shape index (κ1) is 25.8. The van der Waals surface area contributed by atoms with E-state index in [-0.39, 0.29) is 24.2 Å². The van der Waals surface area contributed by atoms with Gasteiger partial charge in [0, 0.05) is 50.9 Å². The number of fused-ring (bicyclic) bond motifs is 1. The van der Waals surface area contributed by atoms with Crippen molar-refractivity contribution < 1.29 is 18.3 Å². The number of rotatable bonds is 5. The number of carbonyl (C=O) groups is 1. The minimum Gasteiger partial charge on any atom is -0.438 e. The van der Waals surface area contributed by atoms with Gasteiger partial charge in [-0.3, -0.25) is 0 Å². The molecule has 38 heavy (non-hydrogen) atoms.